The van der Waals surface area contributed by atoms with Gasteiger partial charge in [-0.3, -0.25) is 0 Å². The third-order valence-electron chi connectivity index (χ3n) is 3.62. The van der Waals surface area contributed by atoms with Crippen molar-refractivity contribution in [2.75, 3.05) is 0 Å². The molecule has 0 saturated carbocycles. The van der Waals surface area contributed by atoms with Crippen molar-refractivity contribution in [1.29, 1.82) is 0 Å². The fraction of sp³-hybridized carbons (Fsp3) is 0. The van der Waals surface area contributed by atoms with Crippen LogP contribution >= 0.6 is 0 Å². The summed E-state index contributed by atoms with van der Waals surface area (Å²) in [6.45, 7) is 0. The fourth-order valence-electron chi connectivity index (χ4n) is 2.19. The molecule has 0 radical (unpaired) electrons. The van der Waals surface area contributed by atoms with Gasteiger partial charge in [0, 0.05) is 11.1 Å². The summed E-state index contributed by atoms with van der Waals surface area (Å²) >= 11 is 0. The number of hydrogen-bond acceptors (Lipinski definition) is 0. The molecule has 0 saturated heterocycles. The monoisotopic (exact) mass is 386 g/mol. The van der Waals surface area contributed by atoms with Crippen molar-refractivity contribution >= 4 is 0 Å². The van der Waals surface area contributed by atoms with E-state index >= 15 is 0 Å². The Hall–Kier alpha value is -3.64. The van der Waals surface area contributed by atoms with Gasteiger partial charge >= 0.3 is 0 Å². The van der Waals surface area contributed by atoms with Crippen LogP contribution in [0, 0.1) is 58.6 Å². The SMILES string of the molecule is Fc1ccc(C#Cc2c(F)c(F)c(C#Cc3ccc(F)cc3)c(F)c2F)cc1. The molecule has 3 aromatic carbocycles. The highest BCUT2D eigenvalue weighted by Crippen LogP contribution is 2.23. The molecule has 0 fully saturated rings. The van der Waals surface area contributed by atoms with Gasteiger partial charge in [-0.25, -0.2) is 26.3 Å². The minimum atomic E-state index is -1.70. The number of hydrogen-bond donors (Lipinski definition) is 0. The first kappa shape index (κ1) is 19.1. The van der Waals surface area contributed by atoms with Crippen LogP contribution in [0.2, 0.25) is 0 Å². The Bertz CT molecular complexity index is 1030. The molecule has 0 atom stereocenters. The maximum Gasteiger partial charge on any atom is 0.178 e. The van der Waals surface area contributed by atoms with Crippen LogP contribution in [0.4, 0.5) is 26.3 Å². The van der Waals surface area contributed by atoms with E-state index in [1.807, 2.05) is 11.8 Å². The van der Waals surface area contributed by atoms with Crippen molar-refractivity contribution in [2.24, 2.45) is 0 Å². The molecule has 28 heavy (non-hydrogen) atoms. The first-order chi connectivity index (χ1) is 13.4. The zero-order valence-corrected chi connectivity index (χ0v) is 13.9. The van der Waals surface area contributed by atoms with Crippen LogP contribution in [0.1, 0.15) is 22.3 Å². The van der Waals surface area contributed by atoms with Gasteiger partial charge in [-0.1, -0.05) is 23.7 Å². The zero-order chi connectivity index (χ0) is 20.3. The molecule has 0 N–H and O–H groups in total. The van der Waals surface area contributed by atoms with Crippen molar-refractivity contribution in [3.8, 4) is 23.7 Å². The van der Waals surface area contributed by atoms with Gasteiger partial charge in [-0.2, -0.15) is 0 Å². The van der Waals surface area contributed by atoms with Gasteiger partial charge < -0.3 is 0 Å². The molecule has 0 heterocycles. The lowest BCUT2D eigenvalue weighted by molar-refractivity contribution is 0.447. The molecule has 0 bridgehead atoms. The Morgan fingerprint density at radius 2 is 0.679 bits per heavy atom. The summed E-state index contributed by atoms with van der Waals surface area (Å²) in [6, 6.07) is 9.28. The van der Waals surface area contributed by atoms with Crippen molar-refractivity contribution in [3.05, 3.63) is 106 Å². The Kier molecular flexibility index (Phi) is 5.42. The topological polar surface area (TPSA) is 0 Å². The Labute approximate surface area is 156 Å². The molecule has 0 nitrogen and oxygen atoms in total. The molecule has 0 aliphatic heterocycles. The Balaban J connectivity index is 2.03. The van der Waals surface area contributed by atoms with Gasteiger partial charge in [0.05, 0.1) is 0 Å². The highest BCUT2D eigenvalue weighted by molar-refractivity contribution is 5.50. The number of benzene rings is 3. The summed E-state index contributed by atoms with van der Waals surface area (Å²) < 4.78 is 82.4. The van der Waals surface area contributed by atoms with E-state index in [9.17, 15) is 26.3 Å². The molecule has 3 aromatic rings. The maximum absolute atomic E-state index is 14.2. The second kappa shape index (κ2) is 7.94. The van der Waals surface area contributed by atoms with Crippen molar-refractivity contribution in [1.82, 2.24) is 0 Å². The van der Waals surface area contributed by atoms with Crippen LogP contribution in [0.5, 0.6) is 0 Å². The van der Waals surface area contributed by atoms with Crippen molar-refractivity contribution in [2.45, 2.75) is 0 Å². The highest BCUT2D eigenvalue weighted by atomic mass is 19.2. The van der Waals surface area contributed by atoms with E-state index < -0.39 is 46.0 Å². The summed E-state index contributed by atoms with van der Waals surface area (Å²) in [5.41, 5.74) is -1.82. The molecular formula is C22H8F6. The molecule has 0 aliphatic carbocycles. The Morgan fingerprint density at radius 3 is 0.964 bits per heavy atom. The standard InChI is InChI=1S/C22H8F6/c23-15-7-1-13(2-8-15)5-11-17-19(25)21(27)18(22(28)20(17)26)12-6-14-3-9-16(24)10-4-14/h1-4,7-10H. The second-order valence-corrected chi connectivity index (χ2v) is 5.52. The van der Waals surface area contributed by atoms with Gasteiger partial charge in [0.1, 0.15) is 22.8 Å². The van der Waals surface area contributed by atoms with Crippen LogP contribution in [0.15, 0.2) is 48.5 Å². The molecule has 0 amide bonds. The largest absolute Gasteiger partial charge is 0.207 e. The molecule has 138 valence electrons. The van der Waals surface area contributed by atoms with Crippen LogP contribution in [-0.4, -0.2) is 0 Å². The molecule has 0 aromatic heterocycles. The summed E-state index contributed by atoms with van der Waals surface area (Å²) in [5.74, 6) is 0.773. The Morgan fingerprint density at radius 1 is 0.393 bits per heavy atom. The predicted molar refractivity (Wildman–Crippen MR) is 91.0 cm³/mol. The van der Waals surface area contributed by atoms with Gasteiger partial charge in [0.25, 0.3) is 0 Å². The van der Waals surface area contributed by atoms with Gasteiger partial charge in [-0.15, -0.1) is 0 Å². The normalized spacial score (nSPS) is 9.93. The fourth-order valence-corrected chi connectivity index (χ4v) is 2.19. The van der Waals surface area contributed by atoms with Crippen molar-refractivity contribution in [3.63, 3.8) is 0 Å². The van der Waals surface area contributed by atoms with Crippen LogP contribution in [0.25, 0.3) is 0 Å². The van der Waals surface area contributed by atoms with E-state index in [1.54, 1.807) is 0 Å². The van der Waals surface area contributed by atoms with Gasteiger partial charge in [0.15, 0.2) is 23.3 Å². The van der Waals surface area contributed by atoms with E-state index in [0.29, 0.717) is 0 Å². The third-order valence-corrected chi connectivity index (χ3v) is 3.62. The third kappa shape index (κ3) is 4.02. The smallest absolute Gasteiger partial charge is 0.178 e. The summed E-state index contributed by atoms with van der Waals surface area (Å²) in [4.78, 5) is 0. The average Bonchev–Trinajstić information content (AvgIpc) is 2.69. The molecule has 0 spiro atoms. The van der Waals surface area contributed by atoms with Gasteiger partial charge in [-0.05, 0) is 48.5 Å². The molecule has 6 heteroatoms. The number of halogens is 6. The van der Waals surface area contributed by atoms with Gasteiger partial charge in [0.2, 0.25) is 0 Å². The minimum absolute atomic E-state index is 0.196. The summed E-state index contributed by atoms with van der Waals surface area (Å²) in [6.07, 6.45) is 0. The summed E-state index contributed by atoms with van der Waals surface area (Å²) in [7, 11) is 0. The van der Waals surface area contributed by atoms with E-state index in [0.717, 1.165) is 24.3 Å². The van der Waals surface area contributed by atoms with Crippen LogP contribution in [-0.2, 0) is 0 Å². The van der Waals surface area contributed by atoms with E-state index in [2.05, 4.69) is 11.8 Å². The van der Waals surface area contributed by atoms with Crippen molar-refractivity contribution < 1.29 is 26.3 Å². The minimum Gasteiger partial charge on any atom is -0.207 e. The lowest BCUT2D eigenvalue weighted by Gasteiger charge is -2.04. The maximum atomic E-state index is 14.2. The lowest BCUT2D eigenvalue weighted by Crippen LogP contribution is -2.04. The predicted octanol–water partition coefficient (Wildman–Crippen LogP) is 5.32. The summed E-state index contributed by atoms with van der Waals surface area (Å²) in [5, 5.41) is 0. The van der Waals surface area contributed by atoms with Crippen LogP contribution < -0.4 is 0 Å². The first-order valence-corrected chi connectivity index (χ1v) is 7.78. The first-order valence-electron chi connectivity index (χ1n) is 7.78. The molecule has 3 rings (SSSR count). The molecule has 0 unspecified atom stereocenters. The lowest BCUT2D eigenvalue weighted by atomic mass is 10.1. The average molecular weight is 386 g/mol. The quantitative estimate of drug-likeness (QED) is 0.279. The van der Waals surface area contributed by atoms with Crippen LogP contribution in [0.3, 0.4) is 0 Å². The molecular weight excluding hydrogens is 378 g/mol. The van der Waals surface area contributed by atoms with E-state index in [-0.39, 0.29) is 11.1 Å². The second-order valence-electron chi connectivity index (χ2n) is 5.52. The van der Waals surface area contributed by atoms with E-state index in [1.165, 1.54) is 24.3 Å². The highest BCUT2D eigenvalue weighted by Gasteiger charge is 2.23. The van der Waals surface area contributed by atoms with E-state index in [4.69, 9.17) is 0 Å². The zero-order valence-electron chi connectivity index (χ0n) is 13.9. The molecule has 0 aliphatic rings. The number of rotatable bonds is 0.